The first-order valence-corrected chi connectivity index (χ1v) is 6.93. The molecule has 20 heavy (non-hydrogen) atoms. The third-order valence-electron chi connectivity index (χ3n) is 3.67. The highest BCUT2D eigenvalue weighted by Crippen LogP contribution is 2.23. The number of amides is 1. The molecule has 0 radical (unpaired) electrons. The maximum absolute atomic E-state index is 13.2. The van der Waals surface area contributed by atoms with Crippen LogP contribution in [0.3, 0.4) is 0 Å². The van der Waals surface area contributed by atoms with Gasteiger partial charge in [0.1, 0.15) is 0 Å². The van der Waals surface area contributed by atoms with Crippen molar-refractivity contribution < 1.29 is 18.7 Å². The van der Waals surface area contributed by atoms with Crippen LogP contribution in [0.2, 0.25) is 0 Å². The van der Waals surface area contributed by atoms with Gasteiger partial charge in [-0.15, -0.1) is 0 Å². The molecular weight excluding hydrogens is 264 g/mol. The monoisotopic (exact) mass is 283 g/mol. The average Bonchev–Trinajstić information content (AvgIpc) is 2.41. The van der Waals surface area contributed by atoms with E-state index in [9.17, 15) is 18.7 Å². The van der Waals surface area contributed by atoms with Gasteiger partial charge in [0.2, 0.25) is 0 Å². The summed E-state index contributed by atoms with van der Waals surface area (Å²) < 4.78 is 26.1. The van der Waals surface area contributed by atoms with Gasteiger partial charge in [0.25, 0.3) is 5.91 Å². The summed E-state index contributed by atoms with van der Waals surface area (Å²) in [5, 5.41) is 9.51. The van der Waals surface area contributed by atoms with Crippen LogP contribution in [0.5, 0.6) is 0 Å². The van der Waals surface area contributed by atoms with Crippen molar-refractivity contribution in [1.29, 1.82) is 0 Å². The lowest BCUT2D eigenvalue weighted by Gasteiger charge is -2.36. The summed E-state index contributed by atoms with van der Waals surface area (Å²) in [4.78, 5) is 14.1. The van der Waals surface area contributed by atoms with Crippen LogP contribution in [-0.2, 0) is 0 Å². The van der Waals surface area contributed by atoms with Crippen LogP contribution in [0.4, 0.5) is 8.78 Å². The minimum Gasteiger partial charge on any atom is -0.393 e. The lowest BCUT2D eigenvalue weighted by Crippen LogP contribution is -2.45. The highest BCUT2D eigenvalue weighted by Gasteiger charge is 2.28. The third kappa shape index (κ3) is 3.33. The van der Waals surface area contributed by atoms with Crippen LogP contribution >= 0.6 is 0 Å². The Morgan fingerprint density at radius 3 is 2.80 bits per heavy atom. The topological polar surface area (TPSA) is 40.5 Å². The summed E-state index contributed by atoms with van der Waals surface area (Å²) >= 11 is 0. The van der Waals surface area contributed by atoms with Crippen LogP contribution in [0.15, 0.2) is 18.2 Å². The van der Waals surface area contributed by atoms with Gasteiger partial charge in [0, 0.05) is 18.2 Å². The number of carbonyl (C=O) groups excluding carboxylic acids is 1. The van der Waals surface area contributed by atoms with E-state index in [1.165, 1.54) is 6.07 Å². The molecule has 1 N–H and O–H groups in total. The SMILES string of the molecule is CC(O)CC1CCCCN1C(=O)c1ccc(F)c(F)c1. The fraction of sp³-hybridized carbons (Fsp3) is 0.533. The fourth-order valence-electron chi connectivity index (χ4n) is 2.70. The predicted octanol–water partition coefficient (Wildman–Crippen LogP) is 2.73. The zero-order chi connectivity index (χ0) is 14.7. The molecule has 2 rings (SSSR count). The van der Waals surface area contributed by atoms with Crippen molar-refractivity contribution in [3.63, 3.8) is 0 Å². The molecule has 0 bridgehead atoms. The van der Waals surface area contributed by atoms with Gasteiger partial charge in [0.05, 0.1) is 6.10 Å². The van der Waals surface area contributed by atoms with Gasteiger partial charge in [-0.1, -0.05) is 0 Å². The molecule has 2 atom stereocenters. The van der Waals surface area contributed by atoms with E-state index in [0.29, 0.717) is 13.0 Å². The Labute approximate surface area is 117 Å². The lowest BCUT2D eigenvalue weighted by molar-refractivity contribution is 0.0514. The number of benzene rings is 1. The number of aliphatic hydroxyl groups excluding tert-OH is 1. The molecule has 1 aromatic carbocycles. The quantitative estimate of drug-likeness (QED) is 0.926. The zero-order valence-electron chi connectivity index (χ0n) is 11.5. The molecule has 0 spiro atoms. The Morgan fingerprint density at radius 1 is 1.40 bits per heavy atom. The smallest absolute Gasteiger partial charge is 0.254 e. The Morgan fingerprint density at radius 2 is 2.15 bits per heavy atom. The summed E-state index contributed by atoms with van der Waals surface area (Å²) in [6.07, 6.45) is 2.76. The largest absolute Gasteiger partial charge is 0.393 e. The average molecular weight is 283 g/mol. The Hall–Kier alpha value is -1.49. The van der Waals surface area contributed by atoms with Crippen LogP contribution < -0.4 is 0 Å². The molecule has 1 saturated heterocycles. The number of aliphatic hydroxyl groups is 1. The number of carbonyl (C=O) groups is 1. The van der Waals surface area contributed by atoms with Gasteiger partial charge in [0.15, 0.2) is 11.6 Å². The lowest BCUT2D eigenvalue weighted by atomic mass is 9.96. The zero-order valence-corrected chi connectivity index (χ0v) is 11.5. The van der Waals surface area contributed by atoms with E-state index < -0.39 is 17.7 Å². The minimum atomic E-state index is -1.01. The second-order valence-corrected chi connectivity index (χ2v) is 5.36. The van der Waals surface area contributed by atoms with Gasteiger partial charge in [-0.25, -0.2) is 8.78 Å². The normalized spacial score (nSPS) is 20.8. The van der Waals surface area contributed by atoms with E-state index >= 15 is 0 Å². The molecule has 1 heterocycles. The maximum Gasteiger partial charge on any atom is 0.254 e. The summed E-state index contributed by atoms with van der Waals surface area (Å²) in [7, 11) is 0. The van der Waals surface area contributed by atoms with Gasteiger partial charge in [-0.2, -0.15) is 0 Å². The molecule has 1 fully saturated rings. The van der Waals surface area contributed by atoms with Gasteiger partial charge in [-0.3, -0.25) is 4.79 Å². The van der Waals surface area contributed by atoms with E-state index in [1.54, 1.807) is 11.8 Å². The Balaban J connectivity index is 2.18. The number of halogens is 2. The van der Waals surface area contributed by atoms with E-state index in [2.05, 4.69) is 0 Å². The second kappa shape index (κ2) is 6.31. The van der Waals surface area contributed by atoms with Crippen molar-refractivity contribution in [2.45, 2.75) is 44.8 Å². The van der Waals surface area contributed by atoms with Crippen molar-refractivity contribution >= 4 is 5.91 Å². The number of piperidine rings is 1. The van der Waals surface area contributed by atoms with Gasteiger partial charge >= 0.3 is 0 Å². The van der Waals surface area contributed by atoms with Crippen molar-refractivity contribution in [2.24, 2.45) is 0 Å². The van der Waals surface area contributed by atoms with E-state index in [0.717, 1.165) is 31.4 Å². The van der Waals surface area contributed by atoms with Crippen LogP contribution in [0.25, 0.3) is 0 Å². The summed E-state index contributed by atoms with van der Waals surface area (Å²) in [6.45, 7) is 2.28. The first-order chi connectivity index (χ1) is 9.49. The first kappa shape index (κ1) is 14.9. The fourth-order valence-corrected chi connectivity index (χ4v) is 2.70. The van der Waals surface area contributed by atoms with Gasteiger partial charge in [-0.05, 0) is 50.8 Å². The molecular formula is C15H19F2NO2. The van der Waals surface area contributed by atoms with Crippen molar-refractivity contribution in [1.82, 2.24) is 4.90 Å². The van der Waals surface area contributed by atoms with Gasteiger partial charge < -0.3 is 10.0 Å². The van der Waals surface area contributed by atoms with Crippen molar-refractivity contribution in [3.8, 4) is 0 Å². The van der Waals surface area contributed by atoms with Crippen molar-refractivity contribution in [3.05, 3.63) is 35.4 Å². The molecule has 2 unspecified atom stereocenters. The molecule has 1 aliphatic heterocycles. The predicted molar refractivity (Wildman–Crippen MR) is 71.3 cm³/mol. The van der Waals surface area contributed by atoms with Crippen molar-refractivity contribution in [2.75, 3.05) is 6.54 Å². The molecule has 1 aliphatic rings. The summed E-state index contributed by atoms with van der Waals surface area (Å²) in [6, 6.07) is 3.17. The van der Waals surface area contributed by atoms with E-state index in [1.807, 2.05) is 0 Å². The Kier molecular flexibility index (Phi) is 4.70. The number of rotatable bonds is 3. The highest BCUT2D eigenvalue weighted by atomic mass is 19.2. The molecule has 0 aromatic heterocycles. The van der Waals surface area contributed by atoms with E-state index in [-0.39, 0.29) is 17.5 Å². The van der Waals surface area contributed by atoms with Crippen LogP contribution in [0, 0.1) is 11.6 Å². The number of likely N-dealkylation sites (tertiary alicyclic amines) is 1. The second-order valence-electron chi connectivity index (χ2n) is 5.36. The number of hydrogen-bond donors (Lipinski definition) is 1. The first-order valence-electron chi connectivity index (χ1n) is 6.93. The summed E-state index contributed by atoms with van der Waals surface area (Å²) in [5.74, 6) is -2.27. The third-order valence-corrected chi connectivity index (χ3v) is 3.67. The van der Waals surface area contributed by atoms with Crippen LogP contribution in [0.1, 0.15) is 43.0 Å². The minimum absolute atomic E-state index is 0.0376. The molecule has 110 valence electrons. The molecule has 5 heteroatoms. The number of nitrogens with zero attached hydrogens (tertiary/aromatic N) is 1. The Bertz CT molecular complexity index is 491. The van der Waals surface area contributed by atoms with E-state index in [4.69, 9.17) is 0 Å². The number of hydrogen-bond acceptors (Lipinski definition) is 2. The standard InChI is InChI=1S/C15H19F2NO2/c1-10(19)8-12-4-2-3-7-18(12)15(20)11-5-6-13(16)14(17)9-11/h5-6,9-10,12,19H,2-4,7-8H2,1H3. The highest BCUT2D eigenvalue weighted by molar-refractivity contribution is 5.94. The molecule has 3 nitrogen and oxygen atoms in total. The summed E-state index contributed by atoms with van der Waals surface area (Å²) in [5.41, 5.74) is 0.154. The molecule has 0 aliphatic carbocycles. The molecule has 1 amide bonds. The maximum atomic E-state index is 13.2. The molecule has 1 aromatic rings. The molecule has 0 saturated carbocycles. The van der Waals surface area contributed by atoms with Crippen LogP contribution in [-0.4, -0.2) is 34.6 Å².